The summed E-state index contributed by atoms with van der Waals surface area (Å²) in [6.07, 6.45) is 1.33. The average molecular weight is 151 g/mol. The van der Waals surface area contributed by atoms with Crippen molar-refractivity contribution in [3.8, 4) is 0 Å². The summed E-state index contributed by atoms with van der Waals surface area (Å²) in [5.74, 6) is 0.344. The van der Waals surface area contributed by atoms with Gasteiger partial charge in [0, 0.05) is 6.07 Å². The highest BCUT2D eigenvalue weighted by Gasteiger charge is 1.98. The van der Waals surface area contributed by atoms with Crippen molar-refractivity contribution in [2.45, 2.75) is 0 Å². The second-order valence-corrected chi connectivity index (χ2v) is 2.07. The standard InChI is InChI=1S/C5H5N5O/c6-3-1-4-8-9-5(11)10(4)2-7-3/h1-2H,6H2,(H,9,11). The first-order valence-electron chi connectivity index (χ1n) is 2.95. The third-order valence-corrected chi connectivity index (χ3v) is 1.33. The van der Waals surface area contributed by atoms with Crippen molar-refractivity contribution in [3.63, 3.8) is 0 Å². The number of nitrogen functional groups attached to an aromatic ring is 1. The fourth-order valence-corrected chi connectivity index (χ4v) is 0.824. The molecule has 0 amide bonds. The lowest BCUT2D eigenvalue weighted by molar-refractivity contribution is 0.999. The van der Waals surface area contributed by atoms with Crippen LogP contribution in [-0.2, 0) is 0 Å². The van der Waals surface area contributed by atoms with Crippen LogP contribution < -0.4 is 11.4 Å². The number of fused-ring (bicyclic) bond motifs is 1. The van der Waals surface area contributed by atoms with E-state index in [1.807, 2.05) is 0 Å². The summed E-state index contributed by atoms with van der Waals surface area (Å²) in [5.41, 5.74) is 5.51. The molecule has 0 aliphatic heterocycles. The second-order valence-electron chi connectivity index (χ2n) is 2.07. The van der Waals surface area contributed by atoms with Gasteiger partial charge in [-0.2, -0.15) is 5.10 Å². The Morgan fingerprint density at radius 1 is 1.64 bits per heavy atom. The molecule has 11 heavy (non-hydrogen) atoms. The maximum absolute atomic E-state index is 10.9. The minimum absolute atomic E-state index is 0.312. The van der Waals surface area contributed by atoms with Gasteiger partial charge in [0.25, 0.3) is 0 Å². The Morgan fingerprint density at radius 2 is 2.45 bits per heavy atom. The topological polar surface area (TPSA) is 89.1 Å². The van der Waals surface area contributed by atoms with Crippen molar-refractivity contribution in [1.82, 2.24) is 19.6 Å². The molecule has 0 aliphatic rings. The van der Waals surface area contributed by atoms with E-state index in [1.54, 1.807) is 0 Å². The molecular formula is C5H5N5O. The largest absolute Gasteiger partial charge is 0.384 e. The van der Waals surface area contributed by atoms with Crippen LogP contribution in [0.1, 0.15) is 0 Å². The van der Waals surface area contributed by atoms with Crippen molar-refractivity contribution >= 4 is 11.5 Å². The minimum atomic E-state index is -0.312. The number of aromatic amines is 1. The highest BCUT2D eigenvalue weighted by Crippen LogP contribution is 1.97. The van der Waals surface area contributed by atoms with Gasteiger partial charge in [0.2, 0.25) is 0 Å². The Balaban J connectivity index is 2.97. The van der Waals surface area contributed by atoms with Gasteiger partial charge in [0.1, 0.15) is 12.1 Å². The van der Waals surface area contributed by atoms with Gasteiger partial charge < -0.3 is 5.73 Å². The van der Waals surface area contributed by atoms with Crippen LogP contribution in [0.2, 0.25) is 0 Å². The van der Waals surface area contributed by atoms with Crippen LogP contribution in [0, 0.1) is 0 Å². The van der Waals surface area contributed by atoms with Crippen LogP contribution in [0.5, 0.6) is 0 Å². The highest BCUT2D eigenvalue weighted by molar-refractivity contribution is 5.45. The Labute approximate surface area is 60.7 Å². The SMILES string of the molecule is Nc1cc2n[nH]c(=O)n2cn1. The molecule has 2 heterocycles. The fourth-order valence-electron chi connectivity index (χ4n) is 0.824. The normalized spacial score (nSPS) is 10.5. The van der Waals surface area contributed by atoms with Crippen LogP contribution in [0.25, 0.3) is 5.65 Å². The van der Waals surface area contributed by atoms with E-state index in [-0.39, 0.29) is 5.69 Å². The quantitative estimate of drug-likeness (QED) is 0.505. The molecule has 0 unspecified atom stereocenters. The molecule has 0 bridgehead atoms. The van der Waals surface area contributed by atoms with Crippen LogP contribution in [0.4, 0.5) is 5.82 Å². The van der Waals surface area contributed by atoms with Crippen molar-refractivity contribution in [1.29, 1.82) is 0 Å². The zero-order valence-electron chi connectivity index (χ0n) is 5.48. The third-order valence-electron chi connectivity index (χ3n) is 1.33. The molecule has 0 atom stereocenters. The lowest BCUT2D eigenvalue weighted by atomic mass is 10.6. The van der Waals surface area contributed by atoms with Gasteiger partial charge in [0.15, 0.2) is 5.65 Å². The highest BCUT2D eigenvalue weighted by atomic mass is 16.1. The van der Waals surface area contributed by atoms with E-state index < -0.39 is 0 Å². The summed E-state index contributed by atoms with van der Waals surface area (Å²) in [6.45, 7) is 0. The predicted octanol–water partition coefficient (Wildman–Crippen LogP) is -1.00. The average Bonchev–Trinajstić information content (AvgIpc) is 2.32. The van der Waals surface area contributed by atoms with Crippen LogP contribution in [-0.4, -0.2) is 19.6 Å². The first kappa shape index (κ1) is 5.90. The van der Waals surface area contributed by atoms with E-state index >= 15 is 0 Å². The molecule has 0 aliphatic carbocycles. The smallest absolute Gasteiger partial charge is 0.348 e. The zero-order chi connectivity index (χ0) is 7.84. The minimum Gasteiger partial charge on any atom is -0.384 e. The molecule has 0 saturated carbocycles. The Bertz CT molecular complexity index is 441. The number of H-pyrrole nitrogens is 1. The van der Waals surface area contributed by atoms with Crippen molar-refractivity contribution in [3.05, 3.63) is 22.9 Å². The first-order chi connectivity index (χ1) is 5.27. The van der Waals surface area contributed by atoms with Crippen molar-refractivity contribution < 1.29 is 0 Å². The summed E-state index contributed by atoms with van der Waals surface area (Å²) in [4.78, 5) is 14.6. The molecule has 0 radical (unpaired) electrons. The van der Waals surface area contributed by atoms with E-state index in [0.717, 1.165) is 0 Å². The lowest BCUT2D eigenvalue weighted by Crippen LogP contribution is -2.09. The molecule has 0 spiro atoms. The van der Waals surface area contributed by atoms with Gasteiger partial charge in [-0.05, 0) is 0 Å². The number of rotatable bonds is 0. The molecule has 6 nitrogen and oxygen atoms in total. The van der Waals surface area contributed by atoms with Crippen molar-refractivity contribution in [2.75, 3.05) is 5.73 Å². The summed E-state index contributed by atoms with van der Waals surface area (Å²) in [6, 6.07) is 1.51. The zero-order valence-corrected chi connectivity index (χ0v) is 5.48. The molecule has 2 aromatic rings. The van der Waals surface area contributed by atoms with Gasteiger partial charge >= 0.3 is 5.69 Å². The van der Waals surface area contributed by atoms with Crippen LogP contribution >= 0.6 is 0 Å². The maximum Gasteiger partial charge on any atom is 0.348 e. The monoisotopic (exact) mass is 151 g/mol. The van der Waals surface area contributed by atoms with Gasteiger partial charge in [-0.15, -0.1) is 0 Å². The van der Waals surface area contributed by atoms with E-state index in [9.17, 15) is 4.79 Å². The summed E-state index contributed by atoms with van der Waals surface area (Å²) in [7, 11) is 0. The number of anilines is 1. The van der Waals surface area contributed by atoms with Crippen molar-refractivity contribution in [2.24, 2.45) is 0 Å². The molecule has 0 aromatic carbocycles. The molecule has 2 rings (SSSR count). The summed E-state index contributed by atoms with van der Waals surface area (Å²) in [5, 5.41) is 5.95. The van der Waals surface area contributed by atoms with Gasteiger partial charge in [-0.1, -0.05) is 0 Å². The molecule has 2 aromatic heterocycles. The number of hydrogen-bond acceptors (Lipinski definition) is 4. The summed E-state index contributed by atoms with van der Waals surface area (Å²) >= 11 is 0. The molecule has 3 N–H and O–H groups in total. The van der Waals surface area contributed by atoms with Crippen LogP contribution in [0.15, 0.2) is 17.2 Å². The summed E-state index contributed by atoms with van der Waals surface area (Å²) < 4.78 is 1.27. The number of hydrogen-bond donors (Lipinski definition) is 2. The second kappa shape index (κ2) is 1.82. The number of nitrogens with two attached hydrogens (primary N) is 1. The maximum atomic E-state index is 10.9. The Hall–Kier alpha value is -1.85. The van der Waals surface area contributed by atoms with Gasteiger partial charge in [-0.25, -0.2) is 19.3 Å². The first-order valence-corrected chi connectivity index (χ1v) is 2.95. The Kier molecular flexibility index (Phi) is 0.974. The van der Waals surface area contributed by atoms with Gasteiger partial charge in [0.05, 0.1) is 0 Å². The molecule has 56 valence electrons. The van der Waals surface area contributed by atoms with E-state index in [0.29, 0.717) is 11.5 Å². The molecule has 0 saturated heterocycles. The van der Waals surface area contributed by atoms with E-state index in [1.165, 1.54) is 16.8 Å². The van der Waals surface area contributed by atoms with E-state index in [2.05, 4.69) is 15.2 Å². The number of nitrogens with zero attached hydrogens (tertiary/aromatic N) is 3. The third kappa shape index (κ3) is 0.759. The molecule has 0 fully saturated rings. The number of nitrogens with one attached hydrogen (secondary N) is 1. The van der Waals surface area contributed by atoms with Gasteiger partial charge in [-0.3, -0.25) is 0 Å². The lowest BCUT2D eigenvalue weighted by Gasteiger charge is -1.89. The Morgan fingerprint density at radius 3 is 3.27 bits per heavy atom. The molecular weight excluding hydrogens is 146 g/mol. The number of aromatic nitrogens is 4. The predicted molar refractivity (Wildman–Crippen MR) is 38.0 cm³/mol. The van der Waals surface area contributed by atoms with E-state index in [4.69, 9.17) is 5.73 Å². The van der Waals surface area contributed by atoms with Crippen LogP contribution in [0.3, 0.4) is 0 Å². The fraction of sp³-hybridized carbons (Fsp3) is 0. The molecule has 6 heteroatoms.